The van der Waals surface area contributed by atoms with Crippen LogP contribution in [0.1, 0.15) is 54.1 Å². The average molecular weight is 350 g/mol. The van der Waals surface area contributed by atoms with Gasteiger partial charge in [-0.2, -0.15) is 0 Å². The third-order valence-electron chi connectivity index (χ3n) is 4.10. The van der Waals surface area contributed by atoms with Crippen molar-refractivity contribution in [3.8, 4) is 0 Å². The Morgan fingerprint density at radius 2 is 2.20 bits per heavy atom. The summed E-state index contributed by atoms with van der Waals surface area (Å²) in [6.45, 7) is 3.15. The predicted molar refractivity (Wildman–Crippen MR) is 90.6 cm³/mol. The summed E-state index contributed by atoms with van der Waals surface area (Å²) < 4.78 is 1.18. The van der Waals surface area contributed by atoms with Gasteiger partial charge in [0.25, 0.3) is 0 Å². The van der Waals surface area contributed by atoms with Crippen LogP contribution in [0.4, 0.5) is 0 Å². The molecule has 0 radical (unpaired) electrons. The van der Waals surface area contributed by atoms with Gasteiger partial charge in [-0.25, -0.2) is 0 Å². The van der Waals surface area contributed by atoms with Crippen LogP contribution in [0.5, 0.6) is 0 Å². The zero-order valence-corrected chi connectivity index (χ0v) is 14.1. The van der Waals surface area contributed by atoms with Gasteiger partial charge in [0.2, 0.25) is 0 Å². The maximum Gasteiger partial charge on any atom is 0.0671 e. The fourth-order valence-corrected chi connectivity index (χ4v) is 4.35. The summed E-state index contributed by atoms with van der Waals surface area (Å²) >= 11 is 5.38. The SMILES string of the molecule is CCNC(c1cccc(C2CCC2)c1)c1cc(Br)cs1. The van der Waals surface area contributed by atoms with Crippen LogP contribution < -0.4 is 5.32 Å². The van der Waals surface area contributed by atoms with Gasteiger partial charge in [0.15, 0.2) is 0 Å². The fraction of sp³-hybridized carbons (Fsp3) is 0.412. The number of thiophene rings is 1. The minimum Gasteiger partial charge on any atom is -0.306 e. The monoisotopic (exact) mass is 349 g/mol. The normalized spacial score (nSPS) is 16.9. The van der Waals surface area contributed by atoms with Crippen LogP contribution >= 0.6 is 27.3 Å². The molecule has 1 aromatic heterocycles. The molecule has 1 atom stereocenters. The molecule has 1 unspecified atom stereocenters. The molecule has 0 spiro atoms. The van der Waals surface area contributed by atoms with Crippen LogP contribution in [0.3, 0.4) is 0 Å². The molecule has 1 heterocycles. The van der Waals surface area contributed by atoms with Gasteiger partial charge in [-0.15, -0.1) is 11.3 Å². The Morgan fingerprint density at radius 1 is 1.35 bits per heavy atom. The van der Waals surface area contributed by atoms with Gasteiger partial charge in [0, 0.05) is 14.7 Å². The molecule has 0 bridgehead atoms. The number of hydrogen-bond donors (Lipinski definition) is 1. The molecule has 1 aliphatic rings. The highest BCUT2D eigenvalue weighted by molar-refractivity contribution is 9.10. The zero-order valence-electron chi connectivity index (χ0n) is 11.7. The van der Waals surface area contributed by atoms with Crippen molar-refractivity contribution in [1.29, 1.82) is 0 Å². The van der Waals surface area contributed by atoms with Crippen molar-refractivity contribution in [2.24, 2.45) is 0 Å². The Bertz CT molecular complexity index is 574. The maximum atomic E-state index is 3.62. The minimum atomic E-state index is 0.316. The molecular formula is C17H20BrNS. The van der Waals surface area contributed by atoms with E-state index >= 15 is 0 Å². The molecule has 106 valence electrons. The summed E-state index contributed by atoms with van der Waals surface area (Å²) in [5, 5.41) is 5.78. The van der Waals surface area contributed by atoms with Gasteiger partial charge in [-0.05, 0) is 58.4 Å². The Balaban J connectivity index is 1.90. The summed E-state index contributed by atoms with van der Waals surface area (Å²) in [5.41, 5.74) is 2.91. The summed E-state index contributed by atoms with van der Waals surface area (Å²) in [5.74, 6) is 0.798. The van der Waals surface area contributed by atoms with Gasteiger partial charge in [-0.1, -0.05) is 37.6 Å². The first-order chi connectivity index (χ1) is 9.78. The van der Waals surface area contributed by atoms with Gasteiger partial charge < -0.3 is 5.32 Å². The second kappa shape index (κ2) is 6.42. The second-order valence-electron chi connectivity index (χ2n) is 5.46. The molecule has 3 heteroatoms. The molecule has 0 amide bonds. The third-order valence-corrected chi connectivity index (χ3v) is 5.86. The van der Waals surface area contributed by atoms with Crippen molar-refractivity contribution in [3.63, 3.8) is 0 Å². The molecule has 1 N–H and O–H groups in total. The molecule has 1 nitrogen and oxygen atoms in total. The smallest absolute Gasteiger partial charge is 0.0671 e. The van der Waals surface area contributed by atoms with Crippen molar-refractivity contribution in [2.45, 2.75) is 38.1 Å². The molecule has 1 fully saturated rings. The number of hydrogen-bond acceptors (Lipinski definition) is 2. The maximum absolute atomic E-state index is 3.62. The highest BCUT2D eigenvalue weighted by Crippen LogP contribution is 2.38. The van der Waals surface area contributed by atoms with Gasteiger partial charge in [0.1, 0.15) is 0 Å². The molecular weight excluding hydrogens is 330 g/mol. The topological polar surface area (TPSA) is 12.0 Å². The van der Waals surface area contributed by atoms with Crippen molar-refractivity contribution in [1.82, 2.24) is 5.32 Å². The number of rotatable bonds is 5. The van der Waals surface area contributed by atoms with E-state index in [1.54, 1.807) is 0 Å². The van der Waals surface area contributed by atoms with Crippen molar-refractivity contribution >= 4 is 27.3 Å². The summed E-state index contributed by atoms with van der Waals surface area (Å²) in [7, 11) is 0. The van der Waals surface area contributed by atoms with E-state index in [-0.39, 0.29) is 0 Å². The van der Waals surface area contributed by atoms with Crippen LogP contribution in [-0.4, -0.2) is 6.54 Å². The van der Waals surface area contributed by atoms with E-state index in [9.17, 15) is 0 Å². The van der Waals surface area contributed by atoms with Crippen molar-refractivity contribution in [3.05, 3.63) is 56.2 Å². The van der Waals surface area contributed by atoms with E-state index in [1.807, 2.05) is 11.3 Å². The van der Waals surface area contributed by atoms with E-state index in [0.29, 0.717) is 6.04 Å². The standard InChI is InChI=1S/C17H20BrNS/c1-2-19-17(16-10-15(18)11-20-16)14-8-4-7-13(9-14)12-5-3-6-12/h4,7-12,17,19H,2-3,5-6H2,1H3. The van der Waals surface area contributed by atoms with E-state index in [4.69, 9.17) is 0 Å². The van der Waals surface area contributed by atoms with Crippen molar-refractivity contribution < 1.29 is 0 Å². The Morgan fingerprint density at radius 3 is 2.80 bits per heavy atom. The number of nitrogens with one attached hydrogen (secondary N) is 1. The molecule has 1 saturated carbocycles. The van der Waals surface area contributed by atoms with Crippen LogP contribution in [0.15, 0.2) is 40.2 Å². The van der Waals surface area contributed by atoms with Crippen LogP contribution in [0.2, 0.25) is 0 Å². The highest BCUT2D eigenvalue weighted by atomic mass is 79.9. The van der Waals surface area contributed by atoms with Crippen LogP contribution in [0.25, 0.3) is 0 Å². The highest BCUT2D eigenvalue weighted by Gasteiger charge is 2.21. The van der Waals surface area contributed by atoms with E-state index < -0.39 is 0 Å². The van der Waals surface area contributed by atoms with E-state index in [0.717, 1.165) is 12.5 Å². The van der Waals surface area contributed by atoms with E-state index in [2.05, 4.69) is 63.9 Å². The lowest BCUT2D eigenvalue weighted by atomic mass is 9.79. The molecule has 1 aromatic carbocycles. The Hall–Kier alpha value is -0.640. The number of halogens is 1. The average Bonchev–Trinajstić information content (AvgIpc) is 2.81. The fourth-order valence-electron chi connectivity index (χ4n) is 2.80. The van der Waals surface area contributed by atoms with Crippen LogP contribution in [0, 0.1) is 0 Å². The quantitative estimate of drug-likeness (QED) is 0.753. The first-order valence-corrected chi connectivity index (χ1v) is 9.02. The molecule has 20 heavy (non-hydrogen) atoms. The van der Waals surface area contributed by atoms with Crippen LogP contribution in [-0.2, 0) is 0 Å². The summed E-state index contributed by atoms with van der Waals surface area (Å²) in [6.07, 6.45) is 4.11. The molecule has 1 aliphatic carbocycles. The lowest BCUT2D eigenvalue weighted by molar-refractivity contribution is 0.419. The molecule has 2 aromatic rings. The predicted octanol–water partition coefficient (Wildman–Crippen LogP) is 5.48. The Kier molecular flexibility index (Phi) is 4.59. The minimum absolute atomic E-state index is 0.316. The summed E-state index contributed by atoms with van der Waals surface area (Å²) in [6, 6.07) is 11.7. The van der Waals surface area contributed by atoms with Crippen molar-refractivity contribution in [2.75, 3.05) is 6.54 Å². The first-order valence-electron chi connectivity index (χ1n) is 7.35. The van der Waals surface area contributed by atoms with E-state index in [1.165, 1.54) is 39.7 Å². The first kappa shape index (κ1) is 14.3. The number of benzene rings is 1. The largest absolute Gasteiger partial charge is 0.306 e. The van der Waals surface area contributed by atoms with Gasteiger partial charge in [-0.3, -0.25) is 0 Å². The molecule has 3 rings (SSSR count). The zero-order chi connectivity index (χ0) is 13.9. The molecule has 0 saturated heterocycles. The Labute approximate surface area is 133 Å². The van der Waals surface area contributed by atoms with Gasteiger partial charge in [0.05, 0.1) is 6.04 Å². The lowest BCUT2D eigenvalue weighted by Crippen LogP contribution is -2.21. The third kappa shape index (κ3) is 3.00. The summed E-state index contributed by atoms with van der Waals surface area (Å²) in [4.78, 5) is 1.38. The lowest BCUT2D eigenvalue weighted by Gasteiger charge is -2.27. The molecule has 0 aliphatic heterocycles. The second-order valence-corrected chi connectivity index (χ2v) is 7.31. The van der Waals surface area contributed by atoms with Gasteiger partial charge >= 0.3 is 0 Å².